The number of sulfonamides is 1. The Hall–Kier alpha value is -1.97. The van der Waals surface area contributed by atoms with Crippen LogP contribution in [0.1, 0.15) is 25.1 Å². The highest BCUT2D eigenvalue weighted by molar-refractivity contribution is 7.89. The van der Waals surface area contributed by atoms with Crippen molar-refractivity contribution in [3.05, 3.63) is 24.0 Å². The fraction of sp³-hybridized carbons (Fsp3) is 0.529. The number of nitrogens with one attached hydrogen (secondary N) is 1. The third kappa shape index (κ3) is 3.74. The third-order valence-electron chi connectivity index (χ3n) is 4.66. The van der Waals surface area contributed by atoms with Crippen LogP contribution in [0.4, 0.5) is 0 Å². The smallest absolute Gasteiger partial charge is 0.243 e. The van der Waals surface area contributed by atoms with Crippen molar-refractivity contribution in [1.29, 1.82) is 0 Å². The van der Waals surface area contributed by atoms with Crippen molar-refractivity contribution in [2.45, 2.75) is 30.6 Å². The van der Waals surface area contributed by atoms with Crippen molar-refractivity contribution in [2.24, 2.45) is 7.05 Å². The highest BCUT2D eigenvalue weighted by Crippen LogP contribution is 2.25. The van der Waals surface area contributed by atoms with E-state index in [2.05, 4.69) is 10.3 Å². The van der Waals surface area contributed by atoms with E-state index in [0.717, 1.165) is 24.2 Å². The number of carbonyl (C=O) groups excluding carboxylic acids is 1. The van der Waals surface area contributed by atoms with Gasteiger partial charge in [0.1, 0.15) is 5.82 Å². The van der Waals surface area contributed by atoms with Gasteiger partial charge in [0, 0.05) is 39.5 Å². The minimum absolute atomic E-state index is 0.0910. The molecule has 3 rings (SSSR count). The lowest BCUT2D eigenvalue weighted by atomic mass is 10.3. The summed E-state index contributed by atoms with van der Waals surface area (Å²) in [5.41, 5.74) is 1.44. The topological polar surface area (TPSA) is 105 Å². The molecule has 1 aliphatic heterocycles. The van der Waals surface area contributed by atoms with Gasteiger partial charge in [-0.2, -0.15) is 4.31 Å². The van der Waals surface area contributed by atoms with Crippen LogP contribution < -0.4 is 5.32 Å². The minimum atomic E-state index is -3.47. The van der Waals surface area contributed by atoms with Crippen LogP contribution in [0.3, 0.4) is 0 Å². The summed E-state index contributed by atoms with van der Waals surface area (Å²) in [6.45, 7) is 1.28. The van der Waals surface area contributed by atoms with Crippen LogP contribution in [-0.2, 0) is 28.3 Å². The van der Waals surface area contributed by atoms with Gasteiger partial charge in [0.05, 0.1) is 22.5 Å². The van der Waals surface area contributed by atoms with Crippen LogP contribution >= 0.6 is 0 Å². The summed E-state index contributed by atoms with van der Waals surface area (Å²) in [5, 5.41) is 11.3. The molecular weight excluding hydrogens is 356 g/mol. The number of aliphatic hydroxyl groups excluding tert-OH is 1. The van der Waals surface area contributed by atoms with Gasteiger partial charge >= 0.3 is 0 Å². The number of nitrogens with zero attached hydrogens (tertiary/aromatic N) is 3. The molecule has 0 spiro atoms. The van der Waals surface area contributed by atoms with E-state index in [-0.39, 0.29) is 30.4 Å². The molecule has 0 atom stereocenters. The molecule has 1 amide bonds. The Balaban J connectivity index is 1.81. The fourth-order valence-electron chi connectivity index (χ4n) is 3.20. The highest BCUT2D eigenvalue weighted by atomic mass is 32.2. The number of hydrogen-bond donors (Lipinski definition) is 2. The third-order valence-corrected chi connectivity index (χ3v) is 6.55. The number of rotatable bonds is 7. The number of hydrogen-bond acceptors (Lipinski definition) is 5. The molecule has 142 valence electrons. The maximum atomic E-state index is 12.7. The van der Waals surface area contributed by atoms with Gasteiger partial charge in [0.15, 0.2) is 0 Å². The molecule has 26 heavy (non-hydrogen) atoms. The molecule has 1 saturated heterocycles. The first-order valence-corrected chi connectivity index (χ1v) is 10.2. The molecule has 0 aliphatic carbocycles. The van der Waals surface area contributed by atoms with Crippen molar-refractivity contribution >= 4 is 27.0 Å². The molecule has 1 aliphatic rings. The summed E-state index contributed by atoms with van der Waals surface area (Å²) in [4.78, 5) is 16.5. The van der Waals surface area contributed by atoms with E-state index in [4.69, 9.17) is 5.11 Å². The van der Waals surface area contributed by atoms with E-state index in [9.17, 15) is 13.2 Å². The number of carbonyl (C=O) groups is 1. The molecule has 0 saturated carbocycles. The number of aromatic nitrogens is 2. The van der Waals surface area contributed by atoms with E-state index in [1.54, 1.807) is 18.2 Å². The van der Waals surface area contributed by atoms with Crippen LogP contribution in [0.5, 0.6) is 0 Å². The van der Waals surface area contributed by atoms with Gasteiger partial charge in [-0.3, -0.25) is 4.79 Å². The summed E-state index contributed by atoms with van der Waals surface area (Å²) < 4.78 is 28.8. The van der Waals surface area contributed by atoms with Crippen molar-refractivity contribution in [3.8, 4) is 0 Å². The lowest BCUT2D eigenvalue weighted by molar-refractivity contribution is -0.121. The van der Waals surface area contributed by atoms with E-state index in [0.29, 0.717) is 25.0 Å². The quantitative estimate of drug-likeness (QED) is 0.723. The largest absolute Gasteiger partial charge is 0.395 e. The summed E-state index contributed by atoms with van der Waals surface area (Å²) >= 11 is 0. The first-order chi connectivity index (χ1) is 12.4. The zero-order valence-corrected chi connectivity index (χ0v) is 15.6. The molecule has 0 unspecified atom stereocenters. The second-order valence-corrected chi connectivity index (χ2v) is 8.36. The average Bonchev–Trinajstić information content (AvgIpc) is 3.27. The van der Waals surface area contributed by atoms with Gasteiger partial charge in [0.2, 0.25) is 15.9 Å². The van der Waals surface area contributed by atoms with Gasteiger partial charge < -0.3 is 15.0 Å². The number of benzene rings is 1. The molecule has 1 fully saturated rings. The summed E-state index contributed by atoms with van der Waals surface area (Å²) in [7, 11) is -1.62. The summed E-state index contributed by atoms with van der Waals surface area (Å²) in [6, 6.07) is 4.99. The number of fused-ring (bicyclic) bond motifs is 1. The van der Waals surface area contributed by atoms with Gasteiger partial charge in [-0.05, 0) is 31.0 Å². The van der Waals surface area contributed by atoms with Gasteiger partial charge in [-0.25, -0.2) is 13.4 Å². The normalized spacial score (nSPS) is 15.6. The second kappa shape index (κ2) is 7.73. The number of amides is 1. The maximum Gasteiger partial charge on any atom is 0.243 e. The molecule has 0 bridgehead atoms. The monoisotopic (exact) mass is 380 g/mol. The second-order valence-electron chi connectivity index (χ2n) is 6.42. The van der Waals surface area contributed by atoms with Crippen molar-refractivity contribution in [1.82, 2.24) is 19.2 Å². The molecule has 1 aromatic heterocycles. The lowest BCUT2D eigenvalue weighted by Crippen LogP contribution is -2.27. The van der Waals surface area contributed by atoms with E-state index >= 15 is 0 Å². The lowest BCUT2D eigenvalue weighted by Gasteiger charge is -2.15. The van der Waals surface area contributed by atoms with E-state index < -0.39 is 10.0 Å². The van der Waals surface area contributed by atoms with Crippen LogP contribution in [0, 0.1) is 0 Å². The predicted molar refractivity (Wildman–Crippen MR) is 97.1 cm³/mol. The first-order valence-electron chi connectivity index (χ1n) is 8.76. The van der Waals surface area contributed by atoms with Crippen molar-refractivity contribution in [3.63, 3.8) is 0 Å². The molecule has 9 heteroatoms. The maximum absolute atomic E-state index is 12.7. The SMILES string of the molecule is Cn1c(CCC(=O)NCCO)nc2cc(S(=O)(=O)N3CCCC3)ccc21. The Morgan fingerprint density at radius 3 is 2.73 bits per heavy atom. The number of aliphatic hydroxyl groups is 1. The first kappa shape index (κ1) is 18.8. The fourth-order valence-corrected chi connectivity index (χ4v) is 4.74. The zero-order chi connectivity index (χ0) is 18.7. The Morgan fingerprint density at radius 1 is 1.31 bits per heavy atom. The average molecular weight is 380 g/mol. The minimum Gasteiger partial charge on any atom is -0.395 e. The van der Waals surface area contributed by atoms with Crippen LogP contribution in [0.2, 0.25) is 0 Å². The Kier molecular flexibility index (Phi) is 5.59. The molecule has 8 nitrogen and oxygen atoms in total. The molecule has 2 aromatic rings. The van der Waals surface area contributed by atoms with Crippen LogP contribution in [0.15, 0.2) is 23.1 Å². The van der Waals surface area contributed by atoms with Crippen molar-refractivity contribution in [2.75, 3.05) is 26.2 Å². The summed E-state index contributed by atoms with van der Waals surface area (Å²) in [6.07, 6.45) is 2.49. The highest BCUT2D eigenvalue weighted by Gasteiger charge is 2.27. The summed E-state index contributed by atoms with van der Waals surface area (Å²) in [5.74, 6) is 0.568. The molecule has 2 N–H and O–H groups in total. The molecule has 2 heterocycles. The Morgan fingerprint density at radius 2 is 2.04 bits per heavy atom. The van der Waals surface area contributed by atoms with E-state index in [1.165, 1.54) is 4.31 Å². The van der Waals surface area contributed by atoms with Gasteiger partial charge in [-0.1, -0.05) is 0 Å². The van der Waals surface area contributed by atoms with Crippen LogP contribution in [-0.4, -0.2) is 59.5 Å². The predicted octanol–water partition coefficient (Wildman–Crippen LogP) is 0.399. The Labute approximate surface area is 152 Å². The number of imidazole rings is 1. The number of aryl methyl sites for hydroxylation is 2. The zero-order valence-electron chi connectivity index (χ0n) is 14.8. The molecule has 1 aromatic carbocycles. The molecule has 0 radical (unpaired) electrons. The van der Waals surface area contributed by atoms with Gasteiger partial charge in [-0.15, -0.1) is 0 Å². The Bertz CT molecular complexity index is 901. The molecular formula is C17H24N4O4S. The standard InChI is InChI=1S/C17H24N4O4S/c1-20-15-5-4-13(26(24,25)21-9-2-3-10-21)12-14(15)19-16(20)6-7-17(23)18-8-11-22/h4-5,12,22H,2-3,6-11H2,1H3,(H,18,23). The van der Waals surface area contributed by atoms with E-state index in [1.807, 2.05) is 11.6 Å². The van der Waals surface area contributed by atoms with Crippen LogP contribution in [0.25, 0.3) is 11.0 Å². The van der Waals surface area contributed by atoms with Gasteiger partial charge in [0.25, 0.3) is 0 Å². The van der Waals surface area contributed by atoms with Crippen molar-refractivity contribution < 1.29 is 18.3 Å².